The summed E-state index contributed by atoms with van der Waals surface area (Å²) >= 11 is 5.85. The molecule has 0 aliphatic rings. The zero-order valence-electron chi connectivity index (χ0n) is 11.2. The fraction of sp³-hybridized carbons (Fsp3) is 0.133. The van der Waals surface area contributed by atoms with Crippen LogP contribution in [-0.2, 0) is 0 Å². The fourth-order valence-electron chi connectivity index (χ4n) is 1.83. The predicted octanol–water partition coefficient (Wildman–Crippen LogP) is 3.65. The van der Waals surface area contributed by atoms with E-state index < -0.39 is 5.82 Å². The van der Waals surface area contributed by atoms with E-state index in [1.165, 1.54) is 18.0 Å². The maximum Gasteiger partial charge on any atom is 0.258 e. The zero-order valence-corrected chi connectivity index (χ0v) is 11.9. The molecule has 0 saturated carbocycles. The van der Waals surface area contributed by atoms with E-state index in [1.54, 1.807) is 37.3 Å². The van der Waals surface area contributed by atoms with Gasteiger partial charge in [0.1, 0.15) is 5.82 Å². The summed E-state index contributed by atoms with van der Waals surface area (Å²) in [5.41, 5.74) is 7.48. The Labute approximate surface area is 121 Å². The molecule has 0 bridgehead atoms. The Morgan fingerprint density at radius 1 is 1.25 bits per heavy atom. The number of anilines is 2. The number of nitrogen functional groups attached to an aromatic ring is 1. The third-order valence-electron chi connectivity index (χ3n) is 3.05. The van der Waals surface area contributed by atoms with Crippen LogP contribution in [0.5, 0.6) is 0 Å². The van der Waals surface area contributed by atoms with E-state index >= 15 is 0 Å². The molecule has 3 nitrogen and oxygen atoms in total. The van der Waals surface area contributed by atoms with Gasteiger partial charge in [0.25, 0.3) is 5.91 Å². The van der Waals surface area contributed by atoms with Crippen LogP contribution in [0.15, 0.2) is 36.4 Å². The Balaban J connectivity index is 2.36. The molecule has 0 spiro atoms. The van der Waals surface area contributed by atoms with Gasteiger partial charge >= 0.3 is 0 Å². The minimum atomic E-state index is -0.535. The maximum absolute atomic E-state index is 13.9. The highest BCUT2D eigenvalue weighted by Gasteiger charge is 2.17. The van der Waals surface area contributed by atoms with Gasteiger partial charge in [-0.1, -0.05) is 11.6 Å². The normalized spacial score (nSPS) is 10.4. The average Bonchev–Trinajstić information content (AvgIpc) is 2.42. The molecule has 104 valence electrons. The standard InChI is InChI=1S/C15H14ClFN2O/c1-9-7-14(13(17)8-12(9)16)19(2)15(20)10-3-5-11(18)6-4-10/h3-8H,18H2,1-2H3. The van der Waals surface area contributed by atoms with Gasteiger partial charge in [0.2, 0.25) is 0 Å². The number of carbonyl (C=O) groups excluding carboxylic acids is 1. The molecule has 0 atom stereocenters. The first-order valence-electron chi connectivity index (χ1n) is 5.99. The first kappa shape index (κ1) is 14.3. The molecule has 0 aliphatic heterocycles. The Kier molecular flexibility index (Phi) is 3.95. The molecule has 2 aromatic rings. The first-order valence-corrected chi connectivity index (χ1v) is 6.37. The average molecular weight is 293 g/mol. The summed E-state index contributed by atoms with van der Waals surface area (Å²) in [5.74, 6) is -0.850. The Hall–Kier alpha value is -2.07. The van der Waals surface area contributed by atoms with E-state index in [0.717, 1.165) is 0 Å². The molecular weight excluding hydrogens is 279 g/mol. The molecule has 0 saturated heterocycles. The van der Waals surface area contributed by atoms with Crippen LogP contribution in [0.4, 0.5) is 15.8 Å². The van der Waals surface area contributed by atoms with Crippen LogP contribution in [0.1, 0.15) is 15.9 Å². The molecule has 0 aliphatic carbocycles. The van der Waals surface area contributed by atoms with Crippen LogP contribution in [0.25, 0.3) is 0 Å². The second-order valence-electron chi connectivity index (χ2n) is 4.54. The molecule has 0 radical (unpaired) electrons. The number of hydrogen-bond donors (Lipinski definition) is 1. The van der Waals surface area contributed by atoms with Crippen molar-refractivity contribution >= 4 is 28.9 Å². The van der Waals surface area contributed by atoms with Crippen LogP contribution in [0.2, 0.25) is 5.02 Å². The molecule has 0 fully saturated rings. The number of aryl methyl sites for hydroxylation is 1. The van der Waals surface area contributed by atoms with Crippen molar-refractivity contribution in [3.05, 3.63) is 58.4 Å². The van der Waals surface area contributed by atoms with Crippen LogP contribution < -0.4 is 10.6 Å². The van der Waals surface area contributed by atoms with Crippen molar-refractivity contribution < 1.29 is 9.18 Å². The van der Waals surface area contributed by atoms with Crippen LogP contribution in [0, 0.1) is 12.7 Å². The van der Waals surface area contributed by atoms with Gasteiger partial charge in [-0.3, -0.25) is 4.79 Å². The van der Waals surface area contributed by atoms with E-state index in [-0.39, 0.29) is 11.6 Å². The summed E-state index contributed by atoms with van der Waals surface area (Å²) in [6.07, 6.45) is 0. The van der Waals surface area contributed by atoms with Crippen LogP contribution in [0.3, 0.4) is 0 Å². The quantitative estimate of drug-likeness (QED) is 0.859. The lowest BCUT2D eigenvalue weighted by Crippen LogP contribution is -2.27. The number of rotatable bonds is 2. The molecule has 0 unspecified atom stereocenters. The van der Waals surface area contributed by atoms with Gasteiger partial charge in [0.05, 0.1) is 5.69 Å². The summed E-state index contributed by atoms with van der Waals surface area (Å²) in [4.78, 5) is 13.5. The van der Waals surface area contributed by atoms with Crippen molar-refractivity contribution in [1.82, 2.24) is 0 Å². The summed E-state index contributed by atoms with van der Waals surface area (Å²) in [6, 6.07) is 9.23. The third-order valence-corrected chi connectivity index (χ3v) is 3.46. The zero-order chi connectivity index (χ0) is 14.9. The minimum Gasteiger partial charge on any atom is -0.399 e. The summed E-state index contributed by atoms with van der Waals surface area (Å²) in [7, 11) is 1.52. The van der Waals surface area contributed by atoms with E-state index in [1.807, 2.05) is 0 Å². The van der Waals surface area contributed by atoms with Crippen molar-refractivity contribution in [3.8, 4) is 0 Å². The largest absolute Gasteiger partial charge is 0.399 e. The maximum atomic E-state index is 13.9. The Bertz CT molecular complexity index is 656. The topological polar surface area (TPSA) is 46.3 Å². The van der Waals surface area contributed by atoms with Crippen molar-refractivity contribution in [2.45, 2.75) is 6.92 Å². The lowest BCUT2D eigenvalue weighted by atomic mass is 10.1. The van der Waals surface area contributed by atoms with E-state index in [9.17, 15) is 9.18 Å². The molecule has 2 rings (SSSR count). The number of nitrogens with two attached hydrogens (primary N) is 1. The summed E-state index contributed by atoms with van der Waals surface area (Å²) in [6.45, 7) is 1.76. The van der Waals surface area contributed by atoms with Gasteiger partial charge in [-0.05, 0) is 48.9 Å². The van der Waals surface area contributed by atoms with Gasteiger partial charge in [-0.25, -0.2) is 4.39 Å². The van der Waals surface area contributed by atoms with Gasteiger partial charge in [0.15, 0.2) is 0 Å². The predicted molar refractivity (Wildman–Crippen MR) is 79.7 cm³/mol. The van der Waals surface area contributed by atoms with Crippen molar-refractivity contribution in [2.24, 2.45) is 0 Å². The molecule has 5 heteroatoms. The van der Waals surface area contributed by atoms with Gasteiger partial charge in [0, 0.05) is 23.3 Å². The molecule has 1 amide bonds. The van der Waals surface area contributed by atoms with E-state index in [2.05, 4.69) is 0 Å². The SMILES string of the molecule is Cc1cc(N(C)C(=O)c2ccc(N)cc2)c(F)cc1Cl. The lowest BCUT2D eigenvalue weighted by Gasteiger charge is -2.19. The van der Waals surface area contributed by atoms with Crippen molar-refractivity contribution in [3.63, 3.8) is 0 Å². The summed E-state index contributed by atoms with van der Waals surface area (Å²) < 4.78 is 13.9. The molecule has 20 heavy (non-hydrogen) atoms. The molecule has 2 N–H and O–H groups in total. The minimum absolute atomic E-state index is 0.189. The van der Waals surface area contributed by atoms with E-state index in [0.29, 0.717) is 21.8 Å². The van der Waals surface area contributed by atoms with Crippen molar-refractivity contribution in [2.75, 3.05) is 17.7 Å². The second kappa shape index (κ2) is 5.51. The van der Waals surface area contributed by atoms with Gasteiger partial charge in [-0.2, -0.15) is 0 Å². The first-order chi connectivity index (χ1) is 9.40. The highest BCUT2D eigenvalue weighted by atomic mass is 35.5. The van der Waals surface area contributed by atoms with Crippen molar-refractivity contribution in [1.29, 1.82) is 0 Å². The number of amides is 1. The van der Waals surface area contributed by atoms with Gasteiger partial charge in [-0.15, -0.1) is 0 Å². The van der Waals surface area contributed by atoms with Crippen LogP contribution >= 0.6 is 11.6 Å². The smallest absolute Gasteiger partial charge is 0.258 e. The highest BCUT2D eigenvalue weighted by molar-refractivity contribution is 6.31. The fourth-order valence-corrected chi connectivity index (χ4v) is 1.98. The lowest BCUT2D eigenvalue weighted by molar-refractivity contribution is 0.0992. The Morgan fingerprint density at radius 3 is 2.45 bits per heavy atom. The van der Waals surface area contributed by atoms with E-state index in [4.69, 9.17) is 17.3 Å². The summed E-state index contributed by atoms with van der Waals surface area (Å²) in [5, 5.41) is 0.333. The molecule has 0 heterocycles. The Morgan fingerprint density at radius 2 is 1.85 bits per heavy atom. The number of benzene rings is 2. The molecular formula is C15H14ClFN2O. The molecule has 2 aromatic carbocycles. The number of carbonyl (C=O) groups is 1. The number of hydrogen-bond acceptors (Lipinski definition) is 2. The van der Waals surface area contributed by atoms with Gasteiger partial charge < -0.3 is 10.6 Å². The highest BCUT2D eigenvalue weighted by Crippen LogP contribution is 2.26. The third kappa shape index (κ3) is 2.75. The molecule has 0 aromatic heterocycles. The monoisotopic (exact) mass is 292 g/mol. The number of halogens is 2. The van der Waals surface area contributed by atoms with Crippen LogP contribution in [-0.4, -0.2) is 13.0 Å². The number of nitrogens with zero attached hydrogens (tertiary/aromatic N) is 1. The second-order valence-corrected chi connectivity index (χ2v) is 4.95.